The van der Waals surface area contributed by atoms with Gasteiger partial charge in [0.05, 0.1) is 0 Å². The number of nitrogens with zero attached hydrogens (tertiary/aromatic N) is 1. The summed E-state index contributed by atoms with van der Waals surface area (Å²) in [5, 5.41) is 2.99. The molecule has 5 nitrogen and oxygen atoms in total. The van der Waals surface area contributed by atoms with Crippen LogP contribution in [-0.4, -0.2) is 35.3 Å². The molecular formula is C16H21N3O2. The predicted octanol–water partition coefficient (Wildman–Crippen LogP) is 0.956. The largest absolute Gasteiger partial charge is 0.352 e. The maximum atomic E-state index is 12.6. The van der Waals surface area contributed by atoms with Crippen LogP contribution in [0.5, 0.6) is 0 Å². The first-order chi connectivity index (χ1) is 10.2. The normalized spacial score (nSPS) is 22.9. The van der Waals surface area contributed by atoms with E-state index in [9.17, 15) is 9.59 Å². The minimum atomic E-state index is -0.694. The number of nitrogens with one attached hydrogen (secondary N) is 1. The number of carbonyl (C=O) groups excluding carboxylic acids is 2. The molecule has 1 aromatic rings. The van der Waals surface area contributed by atoms with Crippen LogP contribution in [0.25, 0.3) is 0 Å². The summed E-state index contributed by atoms with van der Waals surface area (Å²) in [5.74, 6) is -0.182. The quantitative estimate of drug-likeness (QED) is 0.866. The van der Waals surface area contributed by atoms with Gasteiger partial charge in [-0.1, -0.05) is 30.3 Å². The monoisotopic (exact) mass is 287 g/mol. The van der Waals surface area contributed by atoms with Crippen LogP contribution in [-0.2, 0) is 9.59 Å². The second-order valence-corrected chi connectivity index (χ2v) is 5.86. The summed E-state index contributed by atoms with van der Waals surface area (Å²) in [7, 11) is 0. The first-order valence-corrected chi connectivity index (χ1v) is 7.58. The number of carbonyl (C=O) groups is 2. The molecule has 0 bridgehead atoms. The third-order valence-corrected chi connectivity index (χ3v) is 4.19. The Morgan fingerprint density at radius 1 is 1.19 bits per heavy atom. The van der Waals surface area contributed by atoms with Gasteiger partial charge in [-0.3, -0.25) is 9.59 Å². The smallest absolute Gasteiger partial charge is 0.244 e. The average Bonchev–Trinajstić information content (AvgIpc) is 3.18. The SMILES string of the molecule is N[C@@H](C(=O)N1CCCC1C(=O)NC1CC1)c1ccccc1. The highest BCUT2D eigenvalue weighted by Crippen LogP contribution is 2.24. The van der Waals surface area contributed by atoms with Gasteiger partial charge in [-0.2, -0.15) is 0 Å². The summed E-state index contributed by atoms with van der Waals surface area (Å²) < 4.78 is 0. The number of amides is 2. The summed E-state index contributed by atoms with van der Waals surface area (Å²) in [6.45, 7) is 0.613. The van der Waals surface area contributed by atoms with Gasteiger partial charge < -0.3 is 16.0 Å². The third-order valence-electron chi connectivity index (χ3n) is 4.19. The molecule has 1 saturated heterocycles. The molecule has 2 atom stereocenters. The van der Waals surface area contributed by atoms with Crippen LogP contribution in [0.1, 0.15) is 37.3 Å². The van der Waals surface area contributed by atoms with Crippen LogP contribution >= 0.6 is 0 Å². The molecule has 1 aromatic carbocycles. The molecule has 3 rings (SSSR count). The molecule has 2 fully saturated rings. The molecule has 1 aliphatic carbocycles. The van der Waals surface area contributed by atoms with Crippen LogP contribution in [0.3, 0.4) is 0 Å². The van der Waals surface area contributed by atoms with E-state index in [0.29, 0.717) is 12.6 Å². The van der Waals surface area contributed by atoms with Gasteiger partial charge in [0, 0.05) is 12.6 Å². The van der Waals surface area contributed by atoms with Crippen LogP contribution in [0, 0.1) is 0 Å². The minimum Gasteiger partial charge on any atom is -0.352 e. The molecule has 112 valence electrons. The van der Waals surface area contributed by atoms with Gasteiger partial charge in [0.15, 0.2) is 0 Å². The number of hydrogen-bond donors (Lipinski definition) is 2. The van der Waals surface area contributed by atoms with E-state index < -0.39 is 6.04 Å². The van der Waals surface area contributed by atoms with E-state index in [-0.39, 0.29) is 17.9 Å². The van der Waals surface area contributed by atoms with Crippen molar-refractivity contribution in [2.24, 2.45) is 5.73 Å². The van der Waals surface area contributed by atoms with Gasteiger partial charge >= 0.3 is 0 Å². The average molecular weight is 287 g/mol. The first-order valence-electron chi connectivity index (χ1n) is 7.58. The maximum absolute atomic E-state index is 12.6. The van der Waals surface area contributed by atoms with Crippen molar-refractivity contribution in [1.29, 1.82) is 0 Å². The molecular weight excluding hydrogens is 266 g/mol. The second-order valence-electron chi connectivity index (χ2n) is 5.86. The molecule has 1 heterocycles. The number of benzene rings is 1. The predicted molar refractivity (Wildman–Crippen MR) is 79.3 cm³/mol. The van der Waals surface area contributed by atoms with Gasteiger partial charge in [-0.15, -0.1) is 0 Å². The van der Waals surface area contributed by atoms with Crippen molar-refractivity contribution in [3.8, 4) is 0 Å². The number of likely N-dealkylation sites (tertiary alicyclic amines) is 1. The Morgan fingerprint density at radius 3 is 2.57 bits per heavy atom. The van der Waals surface area contributed by atoms with E-state index in [1.807, 2.05) is 30.3 Å². The van der Waals surface area contributed by atoms with Crippen molar-refractivity contribution < 1.29 is 9.59 Å². The van der Waals surface area contributed by atoms with E-state index in [4.69, 9.17) is 5.73 Å². The van der Waals surface area contributed by atoms with Crippen molar-refractivity contribution in [2.75, 3.05) is 6.54 Å². The van der Waals surface area contributed by atoms with Crippen LogP contribution in [0.4, 0.5) is 0 Å². The fourth-order valence-corrected chi connectivity index (χ4v) is 2.81. The Balaban J connectivity index is 1.69. The minimum absolute atomic E-state index is 0.0244. The van der Waals surface area contributed by atoms with Crippen molar-refractivity contribution in [3.05, 3.63) is 35.9 Å². The summed E-state index contributed by atoms with van der Waals surface area (Å²) in [6.07, 6.45) is 3.69. The van der Waals surface area contributed by atoms with E-state index in [0.717, 1.165) is 31.2 Å². The molecule has 5 heteroatoms. The van der Waals surface area contributed by atoms with Crippen molar-refractivity contribution >= 4 is 11.8 Å². The number of nitrogens with two attached hydrogens (primary N) is 1. The molecule has 1 aliphatic heterocycles. The molecule has 1 unspecified atom stereocenters. The maximum Gasteiger partial charge on any atom is 0.244 e. The fourth-order valence-electron chi connectivity index (χ4n) is 2.81. The Kier molecular flexibility index (Phi) is 3.92. The lowest BCUT2D eigenvalue weighted by atomic mass is 10.1. The molecule has 2 amide bonds. The lowest BCUT2D eigenvalue weighted by Gasteiger charge is -2.26. The summed E-state index contributed by atoms with van der Waals surface area (Å²) >= 11 is 0. The molecule has 0 aromatic heterocycles. The third kappa shape index (κ3) is 3.08. The summed E-state index contributed by atoms with van der Waals surface area (Å²) in [6, 6.07) is 8.58. The lowest BCUT2D eigenvalue weighted by molar-refractivity contribution is -0.139. The van der Waals surface area contributed by atoms with Crippen molar-refractivity contribution in [1.82, 2.24) is 10.2 Å². The highest BCUT2D eigenvalue weighted by Gasteiger charge is 2.38. The number of hydrogen-bond acceptors (Lipinski definition) is 3. The zero-order chi connectivity index (χ0) is 14.8. The van der Waals surface area contributed by atoms with E-state index in [1.54, 1.807) is 4.90 Å². The van der Waals surface area contributed by atoms with Gasteiger partial charge in [-0.05, 0) is 31.2 Å². The Bertz CT molecular complexity index is 528. The second kappa shape index (κ2) is 5.85. The van der Waals surface area contributed by atoms with Gasteiger partial charge in [0.2, 0.25) is 11.8 Å². The topological polar surface area (TPSA) is 75.4 Å². The summed E-state index contributed by atoms with van der Waals surface area (Å²) in [5.41, 5.74) is 6.86. The molecule has 1 saturated carbocycles. The highest BCUT2D eigenvalue weighted by molar-refractivity contribution is 5.91. The molecule has 3 N–H and O–H groups in total. The molecule has 2 aliphatic rings. The lowest BCUT2D eigenvalue weighted by Crippen LogP contribution is -2.49. The van der Waals surface area contributed by atoms with Crippen LogP contribution in [0.2, 0.25) is 0 Å². The Labute approximate surface area is 124 Å². The fraction of sp³-hybridized carbons (Fsp3) is 0.500. The number of rotatable bonds is 4. The first kappa shape index (κ1) is 14.1. The zero-order valence-corrected chi connectivity index (χ0v) is 12.0. The van der Waals surface area contributed by atoms with E-state index in [1.165, 1.54) is 0 Å². The van der Waals surface area contributed by atoms with E-state index in [2.05, 4.69) is 5.32 Å². The van der Waals surface area contributed by atoms with Gasteiger partial charge in [0.25, 0.3) is 0 Å². The molecule has 0 spiro atoms. The van der Waals surface area contributed by atoms with Gasteiger partial charge in [0.1, 0.15) is 12.1 Å². The Morgan fingerprint density at radius 2 is 1.90 bits per heavy atom. The highest BCUT2D eigenvalue weighted by atomic mass is 16.2. The zero-order valence-electron chi connectivity index (χ0n) is 12.0. The van der Waals surface area contributed by atoms with Crippen molar-refractivity contribution in [2.45, 2.75) is 43.8 Å². The van der Waals surface area contributed by atoms with Gasteiger partial charge in [-0.25, -0.2) is 0 Å². The standard InChI is InChI=1S/C16H21N3O2/c17-14(11-5-2-1-3-6-11)16(21)19-10-4-7-13(19)15(20)18-12-8-9-12/h1-3,5-6,12-14H,4,7-10,17H2,(H,18,20)/t13?,14-/m1/s1. The summed E-state index contributed by atoms with van der Waals surface area (Å²) in [4.78, 5) is 26.5. The van der Waals surface area contributed by atoms with Crippen LogP contribution in [0.15, 0.2) is 30.3 Å². The molecule has 21 heavy (non-hydrogen) atoms. The Hall–Kier alpha value is -1.88. The van der Waals surface area contributed by atoms with Crippen LogP contribution < -0.4 is 11.1 Å². The van der Waals surface area contributed by atoms with E-state index >= 15 is 0 Å². The molecule has 0 radical (unpaired) electrons. The van der Waals surface area contributed by atoms with Crippen molar-refractivity contribution in [3.63, 3.8) is 0 Å².